The second-order valence-electron chi connectivity index (χ2n) is 4.75. The molecule has 4 nitrogen and oxygen atoms in total. The number of nitrogens with one attached hydrogen (secondary N) is 1. The van der Waals surface area contributed by atoms with E-state index in [0.29, 0.717) is 22.7 Å². The molecule has 0 atom stereocenters. The number of nitrogens with zero attached hydrogens (tertiary/aromatic N) is 1. The monoisotopic (exact) mass is 300 g/mol. The first-order chi connectivity index (χ1) is 10.2. The van der Waals surface area contributed by atoms with Crippen LogP contribution in [0.2, 0.25) is 0 Å². The maximum Gasteiger partial charge on any atom is 0.239 e. The number of amides is 1. The van der Waals surface area contributed by atoms with Gasteiger partial charge in [0.2, 0.25) is 11.8 Å². The molecule has 0 spiro atoms. The zero-order valence-corrected chi connectivity index (χ0v) is 12.1. The number of hydrogen-bond donors (Lipinski definition) is 1. The van der Waals surface area contributed by atoms with Crippen molar-refractivity contribution in [2.75, 3.05) is 11.2 Å². The summed E-state index contributed by atoms with van der Waals surface area (Å²) in [6, 6.07) is 13.3. The van der Waals surface area contributed by atoms with Crippen molar-refractivity contribution in [3.05, 3.63) is 48.0 Å². The molecule has 0 aliphatic heterocycles. The summed E-state index contributed by atoms with van der Waals surface area (Å²) in [5.41, 5.74) is 4.09. The maximum absolute atomic E-state index is 11.3. The molecular formula is C16H13ClN2O2. The minimum atomic E-state index is -0.251. The predicted octanol–water partition coefficient (Wildman–Crippen LogP) is 3.98. The van der Waals surface area contributed by atoms with E-state index in [0.717, 1.165) is 11.1 Å². The van der Waals surface area contributed by atoms with Crippen LogP contribution in [0.5, 0.6) is 0 Å². The Labute approximate surface area is 126 Å². The van der Waals surface area contributed by atoms with Crippen LogP contribution in [0.1, 0.15) is 5.56 Å². The number of hydrogen-bond acceptors (Lipinski definition) is 3. The van der Waals surface area contributed by atoms with Gasteiger partial charge < -0.3 is 9.73 Å². The van der Waals surface area contributed by atoms with Gasteiger partial charge in [-0.2, -0.15) is 0 Å². The standard InChI is InChI=1S/C16H13ClN2O2/c1-10-3-2-4-11(7-10)16-19-13-8-12(18-15(20)9-17)5-6-14(13)21-16/h2-8H,9H2,1H3,(H,18,20). The molecule has 0 saturated heterocycles. The SMILES string of the molecule is Cc1cccc(-c2nc3cc(NC(=O)CCl)ccc3o2)c1. The summed E-state index contributed by atoms with van der Waals surface area (Å²) >= 11 is 5.47. The van der Waals surface area contributed by atoms with Crippen molar-refractivity contribution >= 4 is 34.3 Å². The van der Waals surface area contributed by atoms with E-state index >= 15 is 0 Å². The summed E-state index contributed by atoms with van der Waals surface area (Å²) < 4.78 is 5.75. The number of halogens is 1. The number of benzene rings is 2. The van der Waals surface area contributed by atoms with Crippen LogP contribution >= 0.6 is 11.6 Å². The van der Waals surface area contributed by atoms with Gasteiger partial charge in [-0.3, -0.25) is 4.79 Å². The highest BCUT2D eigenvalue weighted by Crippen LogP contribution is 2.26. The van der Waals surface area contributed by atoms with Gasteiger partial charge in [0.15, 0.2) is 5.58 Å². The normalized spacial score (nSPS) is 10.8. The Kier molecular flexibility index (Phi) is 3.62. The van der Waals surface area contributed by atoms with Gasteiger partial charge in [-0.05, 0) is 37.3 Å². The Morgan fingerprint density at radius 2 is 2.14 bits per heavy atom. The molecule has 3 rings (SSSR count). The number of aromatic nitrogens is 1. The lowest BCUT2D eigenvalue weighted by Gasteiger charge is -2.01. The molecule has 3 aromatic rings. The smallest absolute Gasteiger partial charge is 0.239 e. The summed E-state index contributed by atoms with van der Waals surface area (Å²) in [4.78, 5) is 15.8. The number of oxazole rings is 1. The molecule has 0 fully saturated rings. The van der Waals surface area contributed by atoms with Gasteiger partial charge in [-0.15, -0.1) is 11.6 Å². The molecule has 2 aromatic carbocycles. The number of carbonyl (C=O) groups excluding carboxylic acids is 1. The molecule has 21 heavy (non-hydrogen) atoms. The van der Waals surface area contributed by atoms with Gasteiger partial charge in [0.25, 0.3) is 0 Å². The van der Waals surface area contributed by atoms with E-state index in [1.807, 2.05) is 31.2 Å². The van der Waals surface area contributed by atoms with Crippen molar-refractivity contribution in [2.45, 2.75) is 6.92 Å². The lowest BCUT2D eigenvalue weighted by atomic mass is 10.1. The van der Waals surface area contributed by atoms with Gasteiger partial charge in [0.05, 0.1) is 0 Å². The fourth-order valence-corrected chi connectivity index (χ4v) is 2.17. The molecular weight excluding hydrogens is 288 g/mol. The van der Waals surface area contributed by atoms with Crippen molar-refractivity contribution in [3.63, 3.8) is 0 Å². The molecule has 0 radical (unpaired) electrons. The molecule has 1 aromatic heterocycles. The number of alkyl halides is 1. The first-order valence-corrected chi connectivity index (χ1v) is 7.02. The molecule has 106 valence electrons. The lowest BCUT2D eigenvalue weighted by molar-refractivity contribution is -0.113. The average Bonchev–Trinajstić information content (AvgIpc) is 2.90. The Morgan fingerprint density at radius 1 is 1.29 bits per heavy atom. The highest BCUT2D eigenvalue weighted by molar-refractivity contribution is 6.29. The summed E-state index contributed by atoms with van der Waals surface area (Å²) in [6.07, 6.45) is 0. The maximum atomic E-state index is 11.3. The van der Waals surface area contributed by atoms with E-state index in [2.05, 4.69) is 10.3 Å². The van der Waals surface area contributed by atoms with Crippen LogP contribution in [0.15, 0.2) is 46.9 Å². The summed E-state index contributed by atoms with van der Waals surface area (Å²) in [5.74, 6) is 0.235. The van der Waals surface area contributed by atoms with E-state index in [1.165, 1.54) is 0 Å². The summed E-state index contributed by atoms with van der Waals surface area (Å²) in [7, 11) is 0. The molecule has 1 amide bonds. The highest BCUT2D eigenvalue weighted by atomic mass is 35.5. The second-order valence-corrected chi connectivity index (χ2v) is 5.02. The largest absolute Gasteiger partial charge is 0.436 e. The van der Waals surface area contributed by atoms with E-state index < -0.39 is 0 Å². The minimum Gasteiger partial charge on any atom is -0.436 e. The molecule has 0 unspecified atom stereocenters. The molecule has 1 N–H and O–H groups in total. The summed E-state index contributed by atoms with van der Waals surface area (Å²) in [5, 5.41) is 2.69. The quantitative estimate of drug-likeness (QED) is 0.744. The van der Waals surface area contributed by atoms with Gasteiger partial charge >= 0.3 is 0 Å². The number of rotatable bonds is 3. The third-order valence-electron chi connectivity index (χ3n) is 3.06. The zero-order valence-electron chi connectivity index (χ0n) is 11.4. The first kappa shape index (κ1) is 13.6. The highest BCUT2D eigenvalue weighted by Gasteiger charge is 2.09. The van der Waals surface area contributed by atoms with E-state index in [4.69, 9.17) is 16.0 Å². The topological polar surface area (TPSA) is 55.1 Å². The van der Waals surface area contributed by atoms with Crippen LogP contribution in [0.4, 0.5) is 5.69 Å². The molecule has 0 saturated carbocycles. The van der Waals surface area contributed by atoms with Gasteiger partial charge in [-0.1, -0.05) is 17.7 Å². The van der Waals surface area contributed by atoms with Crippen LogP contribution in [0.3, 0.4) is 0 Å². The molecule has 0 bridgehead atoms. The van der Waals surface area contributed by atoms with E-state index in [9.17, 15) is 4.79 Å². The first-order valence-electron chi connectivity index (χ1n) is 6.49. The number of aryl methyl sites for hydroxylation is 1. The number of carbonyl (C=O) groups is 1. The van der Waals surface area contributed by atoms with Gasteiger partial charge in [0, 0.05) is 11.3 Å². The molecule has 0 aliphatic carbocycles. The van der Waals surface area contributed by atoms with Crippen LogP contribution in [0, 0.1) is 6.92 Å². The fraction of sp³-hybridized carbons (Fsp3) is 0.125. The van der Waals surface area contributed by atoms with E-state index in [-0.39, 0.29) is 11.8 Å². The average molecular weight is 301 g/mol. The Balaban J connectivity index is 1.98. The second kappa shape index (κ2) is 5.58. The zero-order chi connectivity index (χ0) is 14.8. The Hall–Kier alpha value is -2.33. The molecule has 1 heterocycles. The third kappa shape index (κ3) is 2.90. The van der Waals surface area contributed by atoms with Crippen LogP contribution in [0.25, 0.3) is 22.6 Å². The van der Waals surface area contributed by atoms with Crippen molar-refractivity contribution < 1.29 is 9.21 Å². The minimum absolute atomic E-state index is 0.0780. The summed E-state index contributed by atoms with van der Waals surface area (Å²) in [6.45, 7) is 2.02. The number of fused-ring (bicyclic) bond motifs is 1. The molecule has 0 aliphatic rings. The molecule has 5 heteroatoms. The van der Waals surface area contributed by atoms with E-state index in [1.54, 1.807) is 18.2 Å². The predicted molar refractivity (Wildman–Crippen MR) is 83.5 cm³/mol. The Morgan fingerprint density at radius 3 is 2.90 bits per heavy atom. The van der Waals surface area contributed by atoms with Gasteiger partial charge in [0.1, 0.15) is 11.4 Å². The van der Waals surface area contributed by atoms with Gasteiger partial charge in [-0.25, -0.2) is 4.98 Å². The third-order valence-corrected chi connectivity index (χ3v) is 3.30. The van der Waals surface area contributed by atoms with Crippen molar-refractivity contribution in [3.8, 4) is 11.5 Å². The Bertz CT molecular complexity index is 811. The van der Waals surface area contributed by atoms with Crippen LogP contribution in [-0.4, -0.2) is 16.8 Å². The lowest BCUT2D eigenvalue weighted by Crippen LogP contribution is -2.12. The van der Waals surface area contributed by atoms with Crippen molar-refractivity contribution in [1.29, 1.82) is 0 Å². The fourth-order valence-electron chi connectivity index (χ4n) is 2.10. The van der Waals surface area contributed by atoms with Crippen molar-refractivity contribution in [2.24, 2.45) is 0 Å². The van der Waals surface area contributed by atoms with Crippen LogP contribution in [-0.2, 0) is 4.79 Å². The van der Waals surface area contributed by atoms with Crippen LogP contribution < -0.4 is 5.32 Å². The van der Waals surface area contributed by atoms with Crippen molar-refractivity contribution in [1.82, 2.24) is 4.98 Å². The number of anilines is 1.